The van der Waals surface area contributed by atoms with E-state index in [-0.39, 0.29) is 12.5 Å². The van der Waals surface area contributed by atoms with Crippen LogP contribution in [-0.4, -0.2) is 15.7 Å². The van der Waals surface area contributed by atoms with E-state index in [1.807, 2.05) is 0 Å². The molecule has 1 fully saturated rings. The SMILES string of the molecule is O=C(Cn1nc(C(F)(F)F)cc1C1CC1)Nc1ccc(Cl)cc1. The number of alkyl halides is 3. The molecule has 1 aliphatic carbocycles. The van der Waals surface area contributed by atoms with Gasteiger partial charge < -0.3 is 5.32 Å². The maximum atomic E-state index is 12.8. The minimum atomic E-state index is -4.51. The lowest BCUT2D eigenvalue weighted by atomic mass is 10.2. The van der Waals surface area contributed by atoms with Crippen molar-refractivity contribution >= 4 is 23.2 Å². The second-order valence-corrected chi connectivity index (χ2v) is 5.88. The van der Waals surface area contributed by atoms with E-state index in [1.54, 1.807) is 24.3 Å². The molecule has 1 aromatic carbocycles. The summed E-state index contributed by atoms with van der Waals surface area (Å²) in [5.74, 6) is -0.382. The smallest absolute Gasteiger partial charge is 0.324 e. The molecule has 2 aromatic rings. The summed E-state index contributed by atoms with van der Waals surface area (Å²) in [7, 11) is 0. The molecule has 1 heterocycles. The lowest BCUT2D eigenvalue weighted by Crippen LogP contribution is -2.21. The number of anilines is 1. The fourth-order valence-electron chi connectivity index (χ4n) is 2.27. The van der Waals surface area contributed by atoms with Gasteiger partial charge in [0, 0.05) is 22.3 Å². The summed E-state index contributed by atoms with van der Waals surface area (Å²) in [6, 6.07) is 7.50. The highest BCUT2D eigenvalue weighted by atomic mass is 35.5. The third-order valence-corrected chi connectivity index (χ3v) is 3.77. The molecular weight excluding hydrogens is 331 g/mol. The molecule has 1 N–H and O–H groups in total. The summed E-state index contributed by atoms with van der Waals surface area (Å²) >= 11 is 5.75. The molecule has 0 radical (unpaired) electrons. The quantitative estimate of drug-likeness (QED) is 0.909. The minimum absolute atomic E-state index is 0.0573. The number of hydrogen-bond acceptors (Lipinski definition) is 2. The summed E-state index contributed by atoms with van der Waals surface area (Å²) in [6.45, 7) is -0.259. The molecule has 1 saturated carbocycles. The predicted molar refractivity (Wildman–Crippen MR) is 79.3 cm³/mol. The highest BCUT2D eigenvalue weighted by molar-refractivity contribution is 6.30. The summed E-state index contributed by atoms with van der Waals surface area (Å²) in [5.41, 5.74) is 0.0258. The standard InChI is InChI=1S/C15H13ClF3N3O/c16-10-3-5-11(6-4-10)20-14(23)8-22-12(9-1-2-9)7-13(21-22)15(17,18)19/h3-7,9H,1-2,8H2,(H,20,23). The summed E-state index contributed by atoms with van der Waals surface area (Å²) in [4.78, 5) is 12.0. The van der Waals surface area contributed by atoms with Crippen molar-refractivity contribution in [2.24, 2.45) is 0 Å². The number of benzene rings is 1. The molecule has 1 aliphatic rings. The second kappa shape index (κ2) is 5.88. The Bertz CT molecular complexity index is 721. The van der Waals surface area contributed by atoms with Crippen LogP contribution in [0.4, 0.5) is 18.9 Å². The highest BCUT2D eigenvalue weighted by Gasteiger charge is 2.38. The Morgan fingerprint density at radius 2 is 1.96 bits per heavy atom. The van der Waals surface area contributed by atoms with E-state index in [0.29, 0.717) is 16.4 Å². The third kappa shape index (κ3) is 3.85. The number of carbonyl (C=O) groups is 1. The third-order valence-electron chi connectivity index (χ3n) is 3.52. The van der Waals surface area contributed by atoms with Gasteiger partial charge in [-0.3, -0.25) is 9.48 Å². The number of carbonyl (C=O) groups excluding carboxylic acids is 1. The van der Waals surface area contributed by atoms with Crippen LogP contribution in [-0.2, 0) is 17.5 Å². The number of nitrogens with zero attached hydrogens (tertiary/aromatic N) is 2. The van der Waals surface area contributed by atoms with Gasteiger partial charge in [-0.2, -0.15) is 18.3 Å². The van der Waals surface area contributed by atoms with Gasteiger partial charge in [0.05, 0.1) is 0 Å². The van der Waals surface area contributed by atoms with Crippen molar-refractivity contribution in [3.05, 3.63) is 46.7 Å². The van der Waals surface area contributed by atoms with Crippen LogP contribution in [0.3, 0.4) is 0 Å². The zero-order valence-electron chi connectivity index (χ0n) is 11.9. The van der Waals surface area contributed by atoms with Crippen molar-refractivity contribution in [2.45, 2.75) is 31.5 Å². The predicted octanol–water partition coefficient (Wildman–Crippen LogP) is 4.07. The molecule has 0 aliphatic heterocycles. The number of aromatic nitrogens is 2. The topological polar surface area (TPSA) is 46.9 Å². The Morgan fingerprint density at radius 1 is 1.30 bits per heavy atom. The number of rotatable bonds is 4. The maximum absolute atomic E-state index is 12.8. The van der Waals surface area contributed by atoms with Gasteiger partial charge in [-0.25, -0.2) is 0 Å². The first-order valence-corrected chi connectivity index (χ1v) is 7.41. The molecule has 4 nitrogen and oxygen atoms in total. The first-order chi connectivity index (χ1) is 10.8. The van der Waals surface area contributed by atoms with Crippen LogP contribution in [0.15, 0.2) is 30.3 Å². The number of hydrogen-bond donors (Lipinski definition) is 1. The molecule has 0 bridgehead atoms. The van der Waals surface area contributed by atoms with Gasteiger partial charge >= 0.3 is 6.18 Å². The first-order valence-electron chi connectivity index (χ1n) is 7.03. The highest BCUT2D eigenvalue weighted by Crippen LogP contribution is 2.42. The molecule has 23 heavy (non-hydrogen) atoms. The number of nitrogens with one attached hydrogen (secondary N) is 1. The molecular formula is C15H13ClF3N3O. The Kier molecular flexibility index (Phi) is 4.06. The van der Waals surface area contributed by atoms with Crippen LogP contribution < -0.4 is 5.32 Å². The zero-order valence-corrected chi connectivity index (χ0v) is 12.7. The fourth-order valence-corrected chi connectivity index (χ4v) is 2.40. The molecule has 3 rings (SSSR count). The lowest BCUT2D eigenvalue weighted by molar-refractivity contribution is -0.141. The second-order valence-electron chi connectivity index (χ2n) is 5.44. The van der Waals surface area contributed by atoms with Crippen LogP contribution in [0.2, 0.25) is 5.02 Å². The van der Waals surface area contributed by atoms with Crippen molar-refractivity contribution in [1.82, 2.24) is 9.78 Å². The summed E-state index contributed by atoms with van der Waals surface area (Å²) in [6.07, 6.45) is -2.87. The van der Waals surface area contributed by atoms with Gasteiger partial charge in [-0.15, -0.1) is 0 Å². The largest absolute Gasteiger partial charge is 0.435 e. The molecule has 8 heteroatoms. The van der Waals surface area contributed by atoms with Crippen molar-refractivity contribution in [3.63, 3.8) is 0 Å². The van der Waals surface area contributed by atoms with Gasteiger partial charge in [0.15, 0.2) is 5.69 Å². The number of halogens is 4. The van der Waals surface area contributed by atoms with Crippen molar-refractivity contribution < 1.29 is 18.0 Å². The van der Waals surface area contributed by atoms with E-state index in [1.165, 1.54) is 0 Å². The van der Waals surface area contributed by atoms with Crippen molar-refractivity contribution in [1.29, 1.82) is 0 Å². The summed E-state index contributed by atoms with van der Waals surface area (Å²) < 4.78 is 39.5. The molecule has 122 valence electrons. The van der Waals surface area contributed by atoms with Gasteiger partial charge in [-0.05, 0) is 43.2 Å². The average molecular weight is 344 g/mol. The van der Waals surface area contributed by atoms with E-state index in [2.05, 4.69) is 10.4 Å². The Morgan fingerprint density at radius 3 is 2.52 bits per heavy atom. The van der Waals surface area contributed by atoms with Crippen LogP contribution in [0, 0.1) is 0 Å². The Labute approximate surface area is 135 Å². The monoisotopic (exact) mass is 343 g/mol. The van der Waals surface area contributed by atoms with Gasteiger partial charge in [-0.1, -0.05) is 11.6 Å². The van der Waals surface area contributed by atoms with Crippen LogP contribution in [0.5, 0.6) is 0 Å². The normalized spacial score (nSPS) is 14.8. The zero-order chi connectivity index (χ0) is 16.6. The van der Waals surface area contributed by atoms with Crippen LogP contribution in [0.1, 0.15) is 30.1 Å². The van der Waals surface area contributed by atoms with Gasteiger partial charge in [0.2, 0.25) is 5.91 Å². The lowest BCUT2D eigenvalue weighted by Gasteiger charge is -2.08. The molecule has 1 aromatic heterocycles. The maximum Gasteiger partial charge on any atom is 0.435 e. The molecule has 0 saturated heterocycles. The molecule has 0 unspecified atom stereocenters. The Hall–Kier alpha value is -2.02. The molecule has 0 spiro atoms. The summed E-state index contributed by atoms with van der Waals surface area (Å²) in [5, 5.41) is 6.69. The Balaban J connectivity index is 1.75. The van der Waals surface area contributed by atoms with Crippen LogP contribution >= 0.6 is 11.6 Å². The molecule has 0 atom stereocenters. The van der Waals surface area contributed by atoms with Crippen molar-refractivity contribution in [2.75, 3.05) is 5.32 Å². The fraction of sp³-hybridized carbons (Fsp3) is 0.333. The van der Waals surface area contributed by atoms with Gasteiger partial charge in [0.25, 0.3) is 0 Å². The minimum Gasteiger partial charge on any atom is -0.324 e. The van der Waals surface area contributed by atoms with E-state index in [0.717, 1.165) is 23.6 Å². The van der Waals surface area contributed by atoms with Crippen LogP contribution in [0.25, 0.3) is 0 Å². The van der Waals surface area contributed by atoms with E-state index >= 15 is 0 Å². The first kappa shape index (κ1) is 15.9. The van der Waals surface area contributed by atoms with E-state index in [4.69, 9.17) is 11.6 Å². The number of amides is 1. The molecule has 1 amide bonds. The average Bonchev–Trinajstić information content (AvgIpc) is 3.21. The van der Waals surface area contributed by atoms with Gasteiger partial charge in [0.1, 0.15) is 6.54 Å². The van der Waals surface area contributed by atoms with E-state index < -0.39 is 17.8 Å². The van der Waals surface area contributed by atoms with E-state index in [9.17, 15) is 18.0 Å². The van der Waals surface area contributed by atoms with Crippen molar-refractivity contribution in [3.8, 4) is 0 Å².